The first-order valence-electron chi connectivity index (χ1n) is 7.85. The van der Waals surface area contributed by atoms with Crippen LogP contribution in [0.3, 0.4) is 0 Å². The van der Waals surface area contributed by atoms with E-state index in [1.54, 1.807) is 0 Å². The van der Waals surface area contributed by atoms with Crippen LogP contribution in [-0.2, 0) is 9.59 Å². The SMILES string of the molecule is O=C(O)[C@@H]1[C@@H](C(=O)N[C@@H]2C[C@@H]3CC[C@@H]2C3)[C@@H]2C=C[C@@H]1C2. The van der Waals surface area contributed by atoms with Gasteiger partial charge in [0.15, 0.2) is 0 Å². The van der Waals surface area contributed by atoms with E-state index in [1.807, 2.05) is 6.08 Å². The highest BCUT2D eigenvalue weighted by Gasteiger charge is 2.52. The lowest BCUT2D eigenvalue weighted by molar-refractivity contribution is -0.148. The van der Waals surface area contributed by atoms with E-state index in [1.165, 1.54) is 19.3 Å². The van der Waals surface area contributed by atoms with Gasteiger partial charge in [-0.25, -0.2) is 0 Å². The minimum atomic E-state index is -0.810. The third kappa shape index (κ3) is 1.73. The zero-order chi connectivity index (χ0) is 13.9. The summed E-state index contributed by atoms with van der Waals surface area (Å²) in [5.74, 6) is -0.0400. The molecule has 0 aromatic rings. The van der Waals surface area contributed by atoms with E-state index in [0.29, 0.717) is 12.0 Å². The number of hydrogen-bond acceptors (Lipinski definition) is 2. The molecule has 0 aromatic heterocycles. The fraction of sp³-hybridized carbons (Fsp3) is 0.750. The summed E-state index contributed by atoms with van der Waals surface area (Å²) < 4.78 is 0. The van der Waals surface area contributed by atoms with E-state index in [0.717, 1.165) is 18.8 Å². The molecule has 3 fully saturated rings. The van der Waals surface area contributed by atoms with Crippen LogP contribution in [-0.4, -0.2) is 23.0 Å². The Bertz CT molecular complexity index is 486. The van der Waals surface area contributed by atoms with Crippen LogP contribution >= 0.6 is 0 Å². The number of carboxylic acids is 1. The smallest absolute Gasteiger partial charge is 0.307 e. The molecule has 0 aromatic carbocycles. The maximum absolute atomic E-state index is 12.6. The van der Waals surface area contributed by atoms with Crippen molar-refractivity contribution in [3.8, 4) is 0 Å². The lowest BCUT2D eigenvalue weighted by Gasteiger charge is -2.28. The topological polar surface area (TPSA) is 66.4 Å². The molecule has 4 bridgehead atoms. The number of aliphatic carboxylic acids is 1. The predicted octanol–water partition coefficient (Wildman–Crippen LogP) is 1.81. The van der Waals surface area contributed by atoms with Crippen LogP contribution in [0, 0.1) is 35.5 Å². The number of allylic oxidation sites excluding steroid dienone is 2. The van der Waals surface area contributed by atoms with Crippen molar-refractivity contribution in [3.05, 3.63) is 12.2 Å². The number of nitrogens with one attached hydrogen (secondary N) is 1. The summed E-state index contributed by atoms with van der Waals surface area (Å²) in [4.78, 5) is 24.0. The lowest BCUT2D eigenvalue weighted by Crippen LogP contribution is -2.46. The summed E-state index contributed by atoms with van der Waals surface area (Å²) in [6.07, 6.45) is 9.78. The molecule has 0 radical (unpaired) electrons. The van der Waals surface area contributed by atoms with Gasteiger partial charge >= 0.3 is 5.97 Å². The van der Waals surface area contributed by atoms with Gasteiger partial charge in [0.25, 0.3) is 0 Å². The molecule has 3 saturated carbocycles. The molecule has 0 saturated heterocycles. The average Bonchev–Trinajstić information content (AvgIpc) is 3.16. The second-order valence-corrected chi connectivity index (χ2v) is 7.13. The van der Waals surface area contributed by atoms with E-state index in [-0.39, 0.29) is 23.7 Å². The number of rotatable bonds is 3. The van der Waals surface area contributed by atoms with Gasteiger partial charge < -0.3 is 10.4 Å². The van der Waals surface area contributed by atoms with E-state index in [2.05, 4.69) is 11.4 Å². The normalized spacial score (nSPS) is 47.9. The van der Waals surface area contributed by atoms with Crippen molar-refractivity contribution in [2.75, 3.05) is 0 Å². The standard InChI is InChI=1S/C16H21NO3/c18-15(17-12-6-8-1-2-9(12)5-8)13-10-3-4-11(7-10)14(13)16(19)20/h3-4,8-14H,1-2,5-7H2,(H,17,18)(H,19,20)/t8-,9-,10-,11-,12-,13+,14+/m1/s1. The zero-order valence-corrected chi connectivity index (χ0v) is 11.5. The Morgan fingerprint density at radius 1 is 1.00 bits per heavy atom. The van der Waals surface area contributed by atoms with Crippen molar-refractivity contribution >= 4 is 11.9 Å². The van der Waals surface area contributed by atoms with Gasteiger partial charge in [-0.2, -0.15) is 0 Å². The van der Waals surface area contributed by atoms with Gasteiger partial charge in [0.1, 0.15) is 0 Å². The van der Waals surface area contributed by atoms with Crippen LogP contribution in [0.4, 0.5) is 0 Å². The van der Waals surface area contributed by atoms with E-state index in [9.17, 15) is 14.7 Å². The summed E-state index contributed by atoms with van der Waals surface area (Å²) >= 11 is 0. The first kappa shape index (κ1) is 12.4. The molecule has 20 heavy (non-hydrogen) atoms. The number of carboxylic acid groups (broad SMARTS) is 1. The van der Waals surface area contributed by atoms with Crippen LogP contribution in [0.5, 0.6) is 0 Å². The first-order valence-corrected chi connectivity index (χ1v) is 7.85. The largest absolute Gasteiger partial charge is 0.481 e. The van der Waals surface area contributed by atoms with E-state index >= 15 is 0 Å². The number of amides is 1. The Morgan fingerprint density at radius 2 is 1.75 bits per heavy atom. The quantitative estimate of drug-likeness (QED) is 0.772. The number of fused-ring (bicyclic) bond motifs is 4. The Hall–Kier alpha value is -1.32. The fourth-order valence-corrected chi connectivity index (χ4v) is 5.22. The van der Waals surface area contributed by atoms with Gasteiger partial charge in [-0.15, -0.1) is 0 Å². The average molecular weight is 275 g/mol. The highest BCUT2D eigenvalue weighted by Crippen LogP contribution is 2.49. The molecule has 4 aliphatic carbocycles. The molecule has 0 unspecified atom stereocenters. The van der Waals surface area contributed by atoms with Crippen molar-refractivity contribution in [1.82, 2.24) is 5.32 Å². The summed E-state index contributed by atoms with van der Waals surface area (Å²) in [5, 5.41) is 12.6. The molecule has 4 nitrogen and oxygen atoms in total. The van der Waals surface area contributed by atoms with Crippen LogP contribution in [0.15, 0.2) is 12.2 Å². The first-order chi connectivity index (χ1) is 9.63. The molecule has 7 atom stereocenters. The van der Waals surface area contributed by atoms with Gasteiger partial charge in [0, 0.05) is 6.04 Å². The third-order valence-electron chi connectivity index (χ3n) is 6.11. The number of hydrogen-bond donors (Lipinski definition) is 2. The summed E-state index contributed by atoms with van der Waals surface area (Å²) in [6.45, 7) is 0. The van der Waals surface area contributed by atoms with Crippen LogP contribution in [0.1, 0.15) is 32.1 Å². The maximum atomic E-state index is 12.6. The molecule has 4 aliphatic rings. The van der Waals surface area contributed by atoms with Crippen LogP contribution < -0.4 is 5.32 Å². The summed E-state index contributed by atoms with van der Waals surface area (Å²) in [6, 6.07) is 0.304. The number of carbonyl (C=O) groups is 2. The predicted molar refractivity (Wildman–Crippen MR) is 72.7 cm³/mol. The van der Waals surface area contributed by atoms with Crippen molar-refractivity contribution in [1.29, 1.82) is 0 Å². The molecule has 108 valence electrons. The Balaban J connectivity index is 1.48. The highest BCUT2D eigenvalue weighted by molar-refractivity contribution is 5.87. The van der Waals surface area contributed by atoms with Crippen molar-refractivity contribution in [2.24, 2.45) is 35.5 Å². The molecule has 0 spiro atoms. The second kappa shape index (κ2) is 4.34. The maximum Gasteiger partial charge on any atom is 0.307 e. The van der Waals surface area contributed by atoms with E-state index in [4.69, 9.17) is 0 Å². The van der Waals surface area contributed by atoms with Gasteiger partial charge in [-0.05, 0) is 49.4 Å². The van der Waals surface area contributed by atoms with Gasteiger partial charge in [0.2, 0.25) is 5.91 Å². The van der Waals surface area contributed by atoms with Crippen molar-refractivity contribution in [2.45, 2.75) is 38.1 Å². The zero-order valence-electron chi connectivity index (χ0n) is 11.5. The highest BCUT2D eigenvalue weighted by atomic mass is 16.4. The molecule has 0 heterocycles. The Labute approximate surface area is 118 Å². The van der Waals surface area contributed by atoms with Gasteiger partial charge in [-0.3, -0.25) is 9.59 Å². The summed E-state index contributed by atoms with van der Waals surface area (Å²) in [7, 11) is 0. The Morgan fingerprint density at radius 3 is 2.35 bits per heavy atom. The second-order valence-electron chi connectivity index (χ2n) is 7.13. The molecule has 1 amide bonds. The van der Waals surface area contributed by atoms with Gasteiger partial charge in [0.05, 0.1) is 11.8 Å². The van der Waals surface area contributed by atoms with Gasteiger partial charge in [-0.1, -0.05) is 18.6 Å². The minimum absolute atomic E-state index is 0.00759. The fourth-order valence-electron chi connectivity index (χ4n) is 5.22. The van der Waals surface area contributed by atoms with Crippen molar-refractivity contribution < 1.29 is 14.7 Å². The van der Waals surface area contributed by atoms with Crippen molar-refractivity contribution in [3.63, 3.8) is 0 Å². The molecule has 4 heteroatoms. The van der Waals surface area contributed by atoms with Crippen LogP contribution in [0.2, 0.25) is 0 Å². The molecule has 2 N–H and O–H groups in total. The molecule has 0 aliphatic heterocycles. The Kier molecular flexibility index (Phi) is 2.69. The summed E-state index contributed by atoms with van der Waals surface area (Å²) in [5.41, 5.74) is 0. The monoisotopic (exact) mass is 275 g/mol. The third-order valence-corrected chi connectivity index (χ3v) is 6.11. The molecular formula is C16H21NO3. The molecular weight excluding hydrogens is 254 g/mol. The van der Waals surface area contributed by atoms with E-state index < -0.39 is 11.9 Å². The number of carbonyl (C=O) groups excluding carboxylic acids is 1. The minimum Gasteiger partial charge on any atom is -0.481 e. The lowest BCUT2D eigenvalue weighted by atomic mass is 9.82. The van der Waals surface area contributed by atoms with Crippen LogP contribution in [0.25, 0.3) is 0 Å². The molecule has 4 rings (SSSR count).